The van der Waals surface area contributed by atoms with Gasteiger partial charge in [-0.2, -0.15) is 7.05 Å². The molecule has 0 aliphatic carbocycles. The van der Waals surface area contributed by atoms with Crippen LogP contribution in [0.1, 0.15) is 24.0 Å². The zero-order valence-corrected chi connectivity index (χ0v) is 9.99. The van der Waals surface area contributed by atoms with Crippen molar-refractivity contribution in [2.24, 2.45) is 0 Å². The van der Waals surface area contributed by atoms with E-state index in [4.69, 9.17) is 0 Å². The lowest BCUT2D eigenvalue weighted by Crippen LogP contribution is -2.77. The third-order valence-corrected chi connectivity index (χ3v) is 3.26. The Morgan fingerprint density at radius 3 is 2.31 bits per heavy atom. The highest BCUT2D eigenvalue weighted by molar-refractivity contribution is 5.22. The summed E-state index contributed by atoms with van der Waals surface area (Å²) in [6, 6.07) is 9.07. The second kappa shape index (κ2) is 6.02. The minimum atomic E-state index is 1.07. The third-order valence-electron chi connectivity index (χ3n) is 3.26. The average Bonchev–Trinajstić information content (AvgIpc) is 2.81. The number of nitrogens with two attached hydrogens (primary N) is 1. The van der Waals surface area contributed by atoms with Crippen molar-refractivity contribution in [1.82, 2.24) is 4.90 Å². The van der Waals surface area contributed by atoms with Gasteiger partial charge in [0.2, 0.25) is 0 Å². The van der Waals surface area contributed by atoms with Gasteiger partial charge in [0.25, 0.3) is 0 Å². The molecule has 2 nitrogen and oxygen atoms in total. The summed E-state index contributed by atoms with van der Waals surface area (Å²) >= 11 is 0. The van der Waals surface area contributed by atoms with Crippen molar-refractivity contribution in [2.45, 2.75) is 25.8 Å². The van der Waals surface area contributed by atoms with E-state index in [0.29, 0.717) is 0 Å². The molecule has 0 unspecified atom stereocenters. The smallest absolute Gasteiger partial charge is 0.0556 e. The van der Waals surface area contributed by atoms with Crippen molar-refractivity contribution < 1.29 is 5.32 Å². The quantitative estimate of drug-likeness (QED) is 0.736. The van der Waals surface area contributed by atoms with E-state index in [-0.39, 0.29) is 0 Å². The van der Waals surface area contributed by atoms with Crippen molar-refractivity contribution >= 4 is 0 Å². The molecular formula is C14H22N2. The molecule has 1 aliphatic rings. The number of nitrogens with zero attached hydrogens (tertiary/aromatic N) is 1. The molecule has 1 aliphatic heterocycles. The topological polar surface area (TPSA) is 19.9 Å². The number of likely N-dealkylation sites (tertiary alicyclic amines) is 1. The van der Waals surface area contributed by atoms with E-state index in [1.54, 1.807) is 0 Å². The monoisotopic (exact) mass is 218 g/mol. The van der Waals surface area contributed by atoms with Gasteiger partial charge in [-0.25, -0.2) is 0 Å². The molecule has 0 amide bonds. The van der Waals surface area contributed by atoms with Gasteiger partial charge in [-0.3, -0.25) is 4.90 Å². The van der Waals surface area contributed by atoms with E-state index in [0.717, 1.165) is 19.5 Å². The van der Waals surface area contributed by atoms with Crippen LogP contribution in [0.25, 0.3) is 0 Å². The molecule has 1 heterocycles. The summed E-state index contributed by atoms with van der Waals surface area (Å²) < 4.78 is 0. The van der Waals surface area contributed by atoms with Crippen LogP contribution in [-0.4, -0.2) is 24.5 Å². The highest BCUT2D eigenvalue weighted by Crippen LogP contribution is 2.13. The van der Waals surface area contributed by atoms with Crippen molar-refractivity contribution in [2.75, 3.05) is 19.6 Å². The molecule has 1 aromatic rings. The molecule has 2 N–H and O–H groups in total. The first-order chi connectivity index (χ1) is 7.88. The van der Waals surface area contributed by atoms with Crippen LogP contribution in [0.2, 0.25) is 0 Å². The summed E-state index contributed by atoms with van der Waals surface area (Å²) in [4.78, 5) is 2.54. The fourth-order valence-electron chi connectivity index (χ4n) is 2.28. The number of quaternary nitrogens is 1. The standard InChI is InChI=1S/C14H22N2/c1-15-9-8-13-4-6-14(7-5-13)12-16-10-2-3-11-16/h4-7H,1-3,8-12,15H2. The molecule has 0 spiro atoms. The van der Waals surface area contributed by atoms with Gasteiger partial charge in [-0.15, -0.1) is 0 Å². The molecule has 0 atom stereocenters. The first kappa shape index (κ1) is 11.6. The Morgan fingerprint density at radius 2 is 1.69 bits per heavy atom. The Hall–Kier alpha value is -0.860. The molecule has 2 heteroatoms. The van der Waals surface area contributed by atoms with Crippen LogP contribution < -0.4 is 5.32 Å². The molecule has 1 saturated heterocycles. The molecule has 2 rings (SSSR count). The SMILES string of the molecule is [CH2-][NH2+]CCc1ccc(CN2CCCC2)cc1. The number of hydrogen-bond donors (Lipinski definition) is 1. The molecular weight excluding hydrogens is 196 g/mol. The lowest BCUT2D eigenvalue weighted by Gasteiger charge is -2.14. The van der Waals surface area contributed by atoms with E-state index in [9.17, 15) is 0 Å². The second-order valence-corrected chi connectivity index (χ2v) is 4.63. The molecule has 88 valence electrons. The van der Waals surface area contributed by atoms with Gasteiger partial charge in [-0.05, 0) is 37.1 Å². The van der Waals surface area contributed by atoms with Gasteiger partial charge >= 0.3 is 0 Å². The molecule has 16 heavy (non-hydrogen) atoms. The lowest BCUT2D eigenvalue weighted by atomic mass is 10.1. The predicted octanol–water partition coefficient (Wildman–Crippen LogP) is 1.18. The predicted molar refractivity (Wildman–Crippen MR) is 66.8 cm³/mol. The summed E-state index contributed by atoms with van der Waals surface area (Å²) in [5.41, 5.74) is 2.87. The van der Waals surface area contributed by atoms with Gasteiger partial charge in [0.1, 0.15) is 0 Å². The maximum atomic E-state index is 3.76. The third kappa shape index (κ3) is 3.32. The average molecular weight is 218 g/mol. The van der Waals surface area contributed by atoms with Gasteiger partial charge in [0, 0.05) is 13.0 Å². The Labute approximate surface area is 98.7 Å². The van der Waals surface area contributed by atoms with Gasteiger partial charge in [-0.1, -0.05) is 24.3 Å². The van der Waals surface area contributed by atoms with Crippen LogP contribution in [0.5, 0.6) is 0 Å². The van der Waals surface area contributed by atoms with E-state index < -0.39 is 0 Å². The highest BCUT2D eigenvalue weighted by atomic mass is 15.1. The van der Waals surface area contributed by atoms with Crippen molar-refractivity contribution in [3.63, 3.8) is 0 Å². The second-order valence-electron chi connectivity index (χ2n) is 4.63. The minimum absolute atomic E-state index is 1.07. The normalized spacial score (nSPS) is 16.8. The van der Waals surface area contributed by atoms with E-state index in [1.165, 1.54) is 37.1 Å². The molecule has 0 radical (unpaired) electrons. The van der Waals surface area contributed by atoms with Gasteiger partial charge in [0.05, 0.1) is 6.54 Å². The summed E-state index contributed by atoms with van der Waals surface area (Å²) in [6.07, 6.45) is 3.86. The Kier molecular flexibility index (Phi) is 4.37. The zero-order chi connectivity index (χ0) is 11.2. The van der Waals surface area contributed by atoms with Crippen LogP contribution in [0.3, 0.4) is 0 Å². The summed E-state index contributed by atoms with van der Waals surface area (Å²) in [7, 11) is 3.76. The van der Waals surface area contributed by atoms with E-state index in [1.807, 2.05) is 5.32 Å². The summed E-state index contributed by atoms with van der Waals surface area (Å²) in [6.45, 7) is 4.75. The van der Waals surface area contributed by atoms with Crippen LogP contribution in [0, 0.1) is 7.05 Å². The molecule has 0 bridgehead atoms. The Morgan fingerprint density at radius 1 is 1.06 bits per heavy atom. The maximum absolute atomic E-state index is 3.76. The lowest BCUT2D eigenvalue weighted by molar-refractivity contribution is -0.594. The Bertz CT molecular complexity index is 299. The number of hydrogen-bond acceptors (Lipinski definition) is 1. The van der Waals surface area contributed by atoms with E-state index in [2.05, 4.69) is 36.2 Å². The zero-order valence-electron chi connectivity index (χ0n) is 9.99. The first-order valence-corrected chi connectivity index (χ1v) is 6.29. The van der Waals surface area contributed by atoms with Gasteiger partial charge < -0.3 is 5.32 Å². The molecule has 1 fully saturated rings. The highest BCUT2D eigenvalue weighted by Gasteiger charge is 2.11. The van der Waals surface area contributed by atoms with Crippen molar-refractivity contribution in [1.29, 1.82) is 0 Å². The maximum Gasteiger partial charge on any atom is 0.0556 e. The molecule has 0 saturated carbocycles. The van der Waals surface area contributed by atoms with Crippen LogP contribution in [-0.2, 0) is 13.0 Å². The van der Waals surface area contributed by atoms with Crippen molar-refractivity contribution in [3.8, 4) is 0 Å². The van der Waals surface area contributed by atoms with Crippen molar-refractivity contribution in [3.05, 3.63) is 42.4 Å². The number of rotatable bonds is 5. The minimum Gasteiger partial charge on any atom is -0.479 e. The fourth-order valence-corrected chi connectivity index (χ4v) is 2.28. The fraction of sp³-hybridized carbons (Fsp3) is 0.500. The summed E-state index contributed by atoms with van der Waals surface area (Å²) in [5.74, 6) is 0. The number of benzene rings is 1. The van der Waals surface area contributed by atoms with Crippen LogP contribution in [0.15, 0.2) is 24.3 Å². The molecule has 0 aromatic heterocycles. The molecule has 1 aromatic carbocycles. The van der Waals surface area contributed by atoms with E-state index >= 15 is 0 Å². The Balaban J connectivity index is 1.86. The largest absolute Gasteiger partial charge is 0.479 e. The first-order valence-electron chi connectivity index (χ1n) is 6.29. The summed E-state index contributed by atoms with van der Waals surface area (Å²) in [5, 5.41) is 1.98. The van der Waals surface area contributed by atoms with Crippen LogP contribution >= 0.6 is 0 Å². The van der Waals surface area contributed by atoms with Crippen LogP contribution in [0.4, 0.5) is 0 Å². The van der Waals surface area contributed by atoms with Gasteiger partial charge in [0.15, 0.2) is 0 Å².